The molecule has 5 fully saturated rings. The number of primary amides is 1. The zero-order valence-electron chi connectivity index (χ0n) is 85.1. The minimum absolute atomic E-state index is 0.0289. The molecule has 2 heterocycles. The van der Waals surface area contributed by atoms with Gasteiger partial charge in [-0.1, -0.05) is 65.2 Å². The van der Waals surface area contributed by atoms with Gasteiger partial charge in [0.2, 0.25) is 29.5 Å². The zero-order valence-corrected chi connectivity index (χ0v) is 85.1. The van der Waals surface area contributed by atoms with Gasteiger partial charge in [0.1, 0.15) is 31.5 Å². The monoisotopic (exact) mass is 2020 g/mol. The van der Waals surface area contributed by atoms with Crippen LogP contribution in [-0.4, -0.2) is 327 Å². The summed E-state index contributed by atoms with van der Waals surface area (Å²) in [4.78, 5) is 148. The average molecular weight is 2030 g/mol. The van der Waals surface area contributed by atoms with Crippen molar-refractivity contribution in [2.45, 2.75) is 237 Å². The van der Waals surface area contributed by atoms with E-state index in [9.17, 15) is 57.8 Å². The lowest BCUT2D eigenvalue weighted by Gasteiger charge is -2.63. The van der Waals surface area contributed by atoms with Gasteiger partial charge in [-0.25, -0.2) is 23.2 Å². The summed E-state index contributed by atoms with van der Waals surface area (Å²) < 4.78 is 111. The Hall–Kier alpha value is -9.19. The van der Waals surface area contributed by atoms with E-state index in [1.54, 1.807) is 45.0 Å². The van der Waals surface area contributed by atoms with Crippen LogP contribution < -0.4 is 75.8 Å². The van der Waals surface area contributed by atoms with E-state index < -0.39 is 148 Å². The largest absolute Gasteiger partial charge is 0.449 e. The van der Waals surface area contributed by atoms with Gasteiger partial charge < -0.3 is 136 Å². The topological polar surface area (TPSA) is 528 Å². The van der Waals surface area contributed by atoms with Crippen molar-refractivity contribution in [2.24, 2.45) is 63.8 Å². The Bertz CT molecular complexity index is 4440. The van der Waals surface area contributed by atoms with E-state index in [-0.39, 0.29) is 135 Å². The minimum atomic E-state index is -2.41. The summed E-state index contributed by atoms with van der Waals surface area (Å²) in [7, 11) is 8.22. The lowest BCUT2D eigenvalue weighted by molar-refractivity contribution is -0.869. The normalized spacial score (nSPS) is 25.9. The number of rotatable bonds is 65. The fraction of sp³-hybridized carbons (Fsp3) is 0.750. The van der Waals surface area contributed by atoms with Crippen LogP contribution >= 0.6 is 0 Å². The quantitative estimate of drug-likeness (QED) is 0.0171. The number of anilines is 1. The number of benzene rings is 1. The highest BCUT2D eigenvalue weighted by atomic mass is 19.1. The number of alkyl carbamates (subject to hydrolysis) is 2. The van der Waals surface area contributed by atoms with E-state index in [1.165, 1.54) is 30.5 Å². The average Bonchev–Trinajstić information content (AvgIpc) is 1.52. The van der Waals surface area contributed by atoms with Crippen LogP contribution in [0, 0.1) is 52.3 Å². The molecular formula is C100H161F2N16O25+. The number of urea groups is 1. The van der Waals surface area contributed by atoms with Gasteiger partial charge in [-0.05, 0) is 175 Å². The van der Waals surface area contributed by atoms with Crippen molar-refractivity contribution >= 4 is 70.8 Å². The van der Waals surface area contributed by atoms with E-state index in [0.29, 0.717) is 172 Å². The Morgan fingerprint density at radius 3 is 1.96 bits per heavy atom. The highest BCUT2D eigenvalue weighted by Crippen LogP contribution is 2.72. The van der Waals surface area contributed by atoms with Crippen LogP contribution in [0.5, 0.6) is 0 Å². The van der Waals surface area contributed by atoms with Gasteiger partial charge in [-0.3, -0.25) is 49.2 Å². The van der Waals surface area contributed by atoms with Crippen LogP contribution in [0.4, 0.5) is 28.9 Å². The van der Waals surface area contributed by atoms with Crippen molar-refractivity contribution in [3.8, 4) is 0 Å². The second kappa shape index (κ2) is 57.8. The number of fused-ring (bicyclic) bond motifs is 8. The van der Waals surface area contributed by atoms with Gasteiger partial charge in [0, 0.05) is 92.2 Å². The molecule has 0 spiro atoms. The number of Topliss-reactive ketones (excluding diaryl/α,β-unsaturated/α-hetero) is 2. The van der Waals surface area contributed by atoms with E-state index in [2.05, 4.69) is 85.4 Å². The third-order valence-electron chi connectivity index (χ3n) is 28.9. The van der Waals surface area contributed by atoms with Crippen molar-refractivity contribution in [1.82, 2.24) is 63.9 Å². The number of carbonyl (C=O) groups is 11. The molecule has 4 saturated carbocycles. The number of ether oxygens (including phenoxy) is 13. The van der Waals surface area contributed by atoms with Gasteiger partial charge in [0.15, 0.2) is 34.9 Å². The molecule has 0 bridgehead atoms. The second-order valence-electron chi connectivity index (χ2n) is 40.3. The molecule has 2 unspecified atom stereocenters. The Morgan fingerprint density at radius 1 is 0.678 bits per heavy atom. The molecule has 17 N–H and O–H groups in total. The fourth-order valence-corrected chi connectivity index (χ4v) is 21.2. The van der Waals surface area contributed by atoms with Gasteiger partial charge >= 0.3 is 18.2 Å². The molecule has 0 aromatic heterocycles. The number of hydrogen-bond donors (Lipinski definition) is 15. The van der Waals surface area contributed by atoms with E-state index in [4.69, 9.17) is 73.2 Å². The molecule has 0 radical (unpaired) electrons. The summed E-state index contributed by atoms with van der Waals surface area (Å²) in [6.45, 7) is 15.0. The van der Waals surface area contributed by atoms with Crippen LogP contribution in [0.3, 0.4) is 0 Å². The number of nitrogens with zero attached hydrogens (tertiary/aromatic N) is 2. The third-order valence-corrected chi connectivity index (χ3v) is 28.9. The van der Waals surface area contributed by atoms with Crippen LogP contribution in [-0.2, 0) is 107 Å². The summed E-state index contributed by atoms with van der Waals surface area (Å²) in [5.41, 5.74) is 12.3. The molecule has 143 heavy (non-hydrogen) atoms. The molecule has 804 valence electrons. The molecule has 43 heteroatoms. The smallest absolute Gasteiger partial charge is 0.407 e. The number of allylic oxidation sites excluding steroid dienone is 7. The van der Waals surface area contributed by atoms with Gasteiger partial charge in [-0.2, -0.15) is 0 Å². The number of nitrogens with two attached hydrogens (primary N) is 2. The molecule has 1 aromatic carbocycles. The van der Waals surface area contributed by atoms with Crippen LogP contribution in [0.25, 0.3) is 0 Å². The second-order valence-corrected chi connectivity index (χ2v) is 40.3. The summed E-state index contributed by atoms with van der Waals surface area (Å²) in [6.07, 6.45) is 5.97. The summed E-state index contributed by atoms with van der Waals surface area (Å²) in [5.74, 6) is 0.490. The van der Waals surface area contributed by atoms with Crippen LogP contribution in [0.15, 0.2) is 70.9 Å². The molecule has 17 atom stereocenters. The summed E-state index contributed by atoms with van der Waals surface area (Å²) >= 11 is 0. The van der Waals surface area contributed by atoms with Crippen LogP contribution in [0.1, 0.15) is 181 Å². The number of aliphatic hydroxyl groups excluding tert-OH is 1. The maximum Gasteiger partial charge on any atom is 0.407 e. The highest BCUT2D eigenvalue weighted by Gasteiger charge is 2.80. The molecule has 7 aliphatic carbocycles. The number of ketones is 3. The number of quaternary nitrogens is 1. The predicted octanol–water partition coefficient (Wildman–Crippen LogP) is 5.24. The number of carbonyl (C=O) groups excluding carboxylic acids is 11. The van der Waals surface area contributed by atoms with Crippen LogP contribution in [0.2, 0.25) is 0 Å². The maximum absolute atomic E-state index is 18.1. The van der Waals surface area contributed by atoms with Crippen molar-refractivity contribution in [1.29, 1.82) is 0 Å². The summed E-state index contributed by atoms with van der Waals surface area (Å²) in [6, 6.07) is 3.13. The molecule has 41 nitrogen and oxygen atoms in total. The van der Waals surface area contributed by atoms with Crippen molar-refractivity contribution in [3.63, 3.8) is 0 Å². The molecule has 1 aromatic rings. The zero-order chi connectivity index (χ0) is 103. The van der Waals surface area contributed by atoms with E-state index >= 15 is 8.78 Å². The van der Waals surface area contributed by atoms with Gasteiger partial charge in [0.25, 0.3) is 0 Å². The first kappa shape index (κ1) is 116. The van der Waals surface area contributed by atoms with E-state index in [1.807, 2.05) is 19.0 Å². The molecular weight excluding hydrogens is 1860 g/mol. The van der Waals surface area contributed by atoms with Crippen molar-refractivity contribution < 1.29 is 133 Å². The van der Waals surface area contributed by atoms with Crippen molar-refractivity contribution in [3.05, 3.63) is 76.4 Å². The standard InChI is InChI=1S/C100H160F2N16O25/c1-10-17-89-142-85-59-73-74-58-76(101)75-57-69(119)30-33-97(75,4)99(74,102)83(121)60-98(73,5)100(85,143-89)84(122)61-110-96(130)140-62-66-22-24-68(25-23-66)111-92(126)67(18-16-35-108-94(103)128)56-81(120)90(65(2)3)113-93(127)79(112-87(124)32-41-132-45-49-136-53-55-138-51-47-134-43-38-109-95(129)141-63-72-70-26-28-77-80(29-27-71(70)72)117(6)116-115-77)20-14-15-34-106-88(125)64-139-82-21-13-11-12-19-78(91(82)114-104)105-37-42-133-46-50-137-54-52-135-48-44-131-40-31-86(123)107-36-39-118(7,8)9/h22-25,30,33,57,65,67,70-74,76,79,82-83,85,89-90,105,114-116,121H,10-21,26-29,31-32,34-56,58-64,104H2,1-9H3,(H9-,103,106,107,108,109,110,111,112,113,123,124,125,126,127,128,129,130)/p+1/t67-,70+,71-,72+,73+,74+,76+,79-,82?,83+,85-,89?,90+,97+,98+,99+,100-/m1/s1. The Labute approximate surface area is 838 Å². The van der Waals surface area contributed by atoms with Crippen molar-refractivity contribution in [2.75, 3.05) is 198 Å². The first-order chi connectivity index (χ1) is 68.6. The number of unbranched alkanes of at least 4 members (excludes halogenated alkanes) is 1. The molecule has 2 aliphatic heterocycles. The lowest BCUT2D eigenvalue weighted by Crippen LogP contribution is -2.71. The SMILES string of the molecule is CCCC1O[C@@H]2C[C@H]3[C@@H]4C[C@H](F)C5=CC(=O)C=C[C@]5(C)[C@@]4(F)[C@@H](O)C[C@]3(C)[C@]2(C(=O)CNC(=O)OCc2ccc(NC(=O)[C@H](CCCNC(N)=O)CC(=O)[C@@H](NC(=O)[C@@H](CCCCNC(=O)COC3CCCCCC(NCCOCCOCCOCCOCCC(=O)NCC[N+](C)(C)C)=C3NN)NC(=O)CCOCCOCCOCCOCCNC(=O)OC[C@@H]3[C@@H]4CCC5=C(CC[C@@H]43)NNN5C)C(C)C)cc2)O1. The van der Waals surface area contributed by atoms with Gasteiger partial charge in [-0.15, -0.1) is 5.53 Å². The van der Waals surface area contributed by atoms with E-state index in [0.717, 1.165) is 67.7 Å². The highest BCUT2D eigenvalue weighted by molar-refractivity contribution is 6.02. The predicted molar refractivity (Wildman–Crippen MR) is 521 cm³/mol. The number of alkyl halides is 2. The number of likely N-dealkylation sites (N-methyl/N-ethyl adjacent to an activating group) is 1. The fourth-order valence-electron chi connectivity index (χ4n) is 21.2. The minimum Gasteiger partial charge on any atom is -0.449 e. The number of nitrogens with one attached hydrogen (secondary N) is 12. The first-order valence-electron chi connectivity index (χ1n) is 51.3. The number of amides is 9. The Balaban J connectivity index is 0.664. The molecule has 10 rings (SSSR count). The first-order valence-corrected chi connectivity index (χ1v) is 51.3. The molecule has 1 saturated heterocycles. The lowest BCUT2D eigenvalue weighted by atomic mass is 9.44. The third kappa shape index (κ3) is 33.9. The maximum atomic E-state index is 18.1. The number of halogens is 2. The Kier molecular flexibility index (Phi) is 46.8. The number of aliphatic hydroxyl groups is 1. The van der Waals surface area contributed by atoms with Gasteiger partial charge in [0.05, 0.1) is 183 Å². The summed E-state index contributed by atoms with van der Waals surface area (Å²) in [5, 5.41) is 39.7. The molecule has 9 aliphatic rings. The number of hydrazine groups is 3. The molecule has 9 amide bonds. The Morgan fingerprint density at radius 2 is 1.31 bits per heavy atom. The number of hydrogen-bond acceptors (Lipinski definition) is 31.